The molecular weight excluding hydrogens is 246 g/mol. The maximum absolute atomic E-state index is 12.0. The minimum Gasteiger partial charge on any atom is -0.472 e. The molecule has 106 valence electrons. The molecule has 19 heavy (non-hydrogen) atoms. The summed E-state index contributed by atoms with van der Waals surface area (Å²) in [7, 11) is 0. The summed E-state index contributed by atoms with van der Waals surface area (Å²) in [6.45, 7) is 9.08. The molecule has 0 fully saturated rings. The van der Waals surface area contributed by atoms with E-state index in [9.17, 15) is 9.59 Å². The molecule has 5 nitrogen and oxygen atoms in total. The van der Waals surface area contributed by atoms with Crippen LogP contribution in [0, 0.1) is 5.92 Å². The molecule has 0 aliphatic rings. The van der Waals surface area contributed by atoms with Gasteiger partial charge >= 0.3 is 5.97 Å². The Kier molecular flexibility index (Phi) is 4.75. The third-order valence-corrected chi connectivity index (χ3v) is 2.40. The summed E-state index contributed by atoms with van der Waals surface area (Å²) >= 11 is 0. The number of hydrogen-bond acceptors (Lipinski definition) is 4. The highest BCUT2D eigenvalue weighted by molar-refractivity contribution is 5.96. The van der Waals surface area contributed by atoms with Crippen molar-refractivity contribution in [1.29, 1.82) is 0 Å². The van der Waals surface area contributed by atoms with Gasteiger partial charge in [0.2, 0.25) is 0 Å². The van der Waals surface area contributed by atoms with Gasteiger partial charge in [0, 0.05) is 0 Å². The van der Waals surface area contributed by atoms with E-state index in [0.717, 1.165) is 0 Å². The van der Waals surface area contributed by atoms with Crippen molar-refractivity contribution in [1.82, 2.24) is 5.32 Å². The van der Waals surface area contributed by atoms with E-state index in [-0.39, 0.29) is 11.8 Å². The Bertz CT molecular complexity index is 429. The van der Waals surface area contributed by atoms with Crippen LogP contribution < -0.4 is 5.32 Å². The van der Waals surface area contributed by atoms with E-state index in [1.807, 2.05) is 13.8 Å². The van der Waals surface area contributed by atoms with E-state index < -0.39 is 17.6 Å². The molecule has 1 aromatic rings. The molecule has 0 radical (unpaired) electrons. The zero-order valence-corrected chi connectivity index (χ0v) is 12.0. The van der Waals surface area contributed by atoms with Crippen LogP contribution in [-0.2, 0) is 9.53 Å². The van der Waals surface area contributed by atoms with E-state index in [1.54, 1.807) is 26.8 Å². The average Bonchev–Trinajstić information content (AvgIpc) is 2.75. The van der Waals surface area contributed by atoms with Gasteiger partial charge in [0.1, 0.15) is 17.9 Å². The molecule has 0 spiro atoms. The monoisotopic (exact) mass is 267 g/mol. The molecule has 5 heteroatoms. The van der Waals surface area contributed by atoms with Crippen LogP contribution in [0.25, 0.3) is 0 Å². The minimum atomic E-state index is -0.679. The maximum atomic E-state index is 12.0. The number of amides is 1. The Morgan fingerprint density at radius 2 is 1.95 bits per heavy atom. The lowest BCUT2D eigenvalue weighted by molar-refractivity contribution is -0.158. The highest BCUT2D eigenvalue weighted by Gasteiger charge is 2.29. The van der Waals surface area contributed by atoms with Crippen molar-refractivity contribution in [3.63, 3.8) is 0 Å². The van der Waals surface area contributed by atoms with Gasteiger partial charge in [-0.2, -0.15) is 0 Å². The fourth-order valence-electron chi connectivity index (χ4n) is 1.48. The van der Waals surface area contributed by atoms with Crippen LogP contribution in [0.3, 0.4) is 0 Å². The number of carbonyl (C=O) groups excluding carboxylic acids is 2. The van der Waals surface area contributed by atoms with E-state index in [2.05, 4.69) is 5.32 Å². The van der Waals surface area contributed by atoms with Crippen LogP contribution in [0.4, 0.5) is 0 Å². The van der Waals surface area contributed by atoms with E-state index in [1.165, 1.54) is 12.5 Å². The van der Waals surface area contributed by atoms with Crippen molar-refractivity contribution >= 4 is 11.9 Å². The van der Waals surface area contributed by atoms with Crippen molar-refractivity contribution in [2.75, 3.05) is 0 Å². The molecule has 0 saturated carbocycles. The largest absolute Gasteiger partial charge is 0.472 e. The van der Waals surface area contributed by atoms with Gasteiger partial charge in [0.15, 0.2) is 0 Å². The highest BCUT2D eigenvalue weighted by Crippen LogP contribution is 2.13. The van der Waals surface area contributed by atoms with Gasteiger partial charge in [0.25, 0.3) is 5.91 Å². The summed E-state index contributed by atoms with van der Waals surface area (Å²) in [5, 5.41) is 2.67. The van der Waals surface area contributed by atoms with Crippen molar-refractivity contribution < 1.29 is 18.7 Å². The van der Waals surface area contributed by atoms with Crippen LogP contribution in [0.5, 0.6) is 0 Å². The van der Waals surface area contributed by atoms with Gasteiger partial charge in [-0.15, -0.1) is 0 Å². The lowest BCUT2D eigenvalue weighted by atomic mass is 10.0. The maximum Gasteiger partial charge on any atom is 0.329 e. The Balaban J connectivity index is 2.73. The van der Waals surface area contributed by atoms with Crippen LogP contribution in [0.1, 0.15) is 45.0 Å². The number of nitrogens with one attached hydrogen (secondary N) is 1. The number of furan rings is 1. The molecule has 0 bridgehead atoms. The van der Waals surface area contributed by atoms with Crippen molar-refractivity contribution in [2.24, 2.45) is 5.92 Å². The number of esters is 1. The first-order chi connectivity index (χ1) is 8.70. The Hall–Kier alpha value is -1.78. The van der Waals surface area contributed by atoms with Crippen LogP contribution in [0.2, 0.25) is 0 Å². The van der Waals surface area contributed by atoms with Crippen molar-refractivity contribution in [3.8, 4) is 0 Å². The standard InChI is InChI=1S/C14H21NO4/c1-9(2)11(13(17)19-14(3,4)5)15-12(16)10-6-7-18-8-10/h6-9,11H,1-5H3,(H,15,16)/t11-/m0/s1. The molecular formula is C14H21NO4. The normalized spacial score (nSPS) is 13.2. The van der Waals surface area contributed by atoms with Gasteiger partial charge in [-0.05, 0) is 32.8 Å². The molecule has 0 unspecified atom stereocenters. The molecule has 1 N–H and O–H groups in total. The lowest BCUT2D eigenvalue weighted by Gasteiger charge is -2.26. The van der Waals surface area contributed by atoms with Crippen LogP contribution in [0.15, 0.2) is 23.0 Å². The van der Waals surface area contributed by atoms with E-state index >= 15 is 0 Å². The second-order valence-electron chi connectivity index (χ2n) is 5.74. The fraction of sp³-hybridized carbons (Fsp3) is 0.571. The van der Waals surface area contributed by atoms with E-state index in [4.69, 9.17) is 9.15 Å². The number of ether oxygens (including phenoxy) is 1. The first-order valence-electron chi connectivity index (χ1n) is 6.26. The first kappa shape index (κ1) is 15.3. The summed E-state index contributed by atoms with van der Waals surface area (Å²) in [6, 6.07) is 0.864. The molecule has 0 saturated heterocycles. The number of carbonyl (C=O) groups is 2. The van der Waals surface area contributed by atoms with Crippen molar-refractivity contribution in [2.45, 2.75) is 46.3 Å². The lowest BCUT2D eigenvalue weighted by Crippen LogP contribution is -2.47. The molecule has 1 heterocycles. The summed E-state index contributed by atoms with van der Waals surface area (Å²) in [6.07, 6.45) is 2.74. The minimum absolute atomic E-state index is 0.0642. The fourth-order valence-corrected chi connectivity index (χ4v) is 1.48. The zero-order valence-electron chi connectivity index (χ0n) is 12.0. The topological polar surface area (TPSA) is 68.5 Å². The molecule has 1 amide bonds. The SMILES string of the molecule is CC(C)[C@H](NC(=O)c1ccoc1)C(=O)OC(C)(C)C. The van der Waals surface area contributed by atoms with Crippen molar-refractivity contribution in [3.05, 3.63) is 24.2 Å². The van der Waals surface area contributed by atoms with Crippen LogP contribution >= 0.6 is 0 Å². The highest BCUT2D eigenvalue weighted by atomic mass is 16.6. The summed E-state index contributed by atoms with van der Waals surface area (Å²) in [4.78, 5) is 24.0. The number of hydrogen-bond donors (Lipinski definition) is 1. The average molecular weight is 267 g/mol. The second kappa shape index (κ2) is 5.91. The molecule has 1 aromatic heterocycles. The first-order valence-corrected chi connectivity index (χ1v) is 6.26. The van der Waals surface area contributed by atoms with Gasteiger partial charge in [-0.3, -0.25) is 4.79 Å². The van der Waals surface area contributed by atoms with Gasteiger partial charge in [-0.1, -0.05) is 13.8 Å². The third kappa shape index (κ3) is 4.77. The molecule has 0 aliphatic heterocycles. The Morgan fingerprint density at radius 1 is 1.32 bits per heavy atom. The molecule has 1 atom stereocenters. The number of rotatable bonds is 4. The summed E-state index contributed by atoms with van der Waals surface area (Å²) in [5.74, 6) is -0.844. The van der Waals surface area contributed by atoms with Gasteiger partial charge in [-0.25, -0.2) is 4.79 Å². The molecule has 0 aromatic carbocycles. The van der Waals surface area contributed by atoms with Gasteiger partial charge < -0.3 is 14.5 Å². The zero-order chi connectivity index (χ0) is 14.6. The Labute approximate surface area is 113 Å². The summed E-state index contributed by atoms with van der Waals surface area (Å²) in [5.41, 5.74) is -0.195. The second-order valence-corrected chi connectivity index (χ2v) is 5.74. The summed E-state index contributed by atoms with van der Waals surface area (Å²) < 4.78 is 10.1. The smallest absolute Gasteiger partial charge is 0.329 e. The Morgan fingerprint density at radius 3 is 2.37 bits per heavy atom. The van der Waals surface area contributed by atoms with E-state index in [0.29, 0.717) is 5.56 Å². The predicted octanol–water partition coefficient (Wildman–Crippen LogP) is 2.38. The molecule has 1 rings (SSSR count). The van der Waals surface area contributed by atoms with Crippen LogP contribution in [-0.4, -0.2) is 23.5 Å². The quantitative estimate of drug-likeness (QED) is 0.850. The third-order valence-electron chi connectivity index (χ3n) is 2.40. The predicted molar refractivity (Wildman–Crippen MR) is 70.6 cm³/mol. The van der Waals surface area contributed by atoms with Gasteiger partial charge in [0.05, 0.1) is 11.8 Å². The molecule has 0 aliphatic carbocycles.